The predicted octanol–water partition coefficient (Wildman–Crippen LogP) is 36.9. The molecular formula is C107H206. The number of hydrogen-bond donors (Lipinski definition) is 0. The van der Waals surface area contributed by atoms with Crippen molar-refractivity contribution in [2.45, 2.75) is 529 Å². The molecule has 0 radical (unpaired) electrons. The molecule has 1 unspecified atom stereocenters. The lowest BCUT2D eigenvalue weighted by atomic mass is 9.49. The molecule has 4 spiro atoms. The highest BCUT2D eigenvalue weighted by Crippen LogP contribution is 2.63. The van der Waals surface area contributed by atoms with E-state index in [1.807, 2.05) is 34.6 Å². The average Bonchev–Trinajstić information content (AvgIpc) is 1.52. The van der Waals surface area contributed by atoms with Gasteiger partial charge in [0.25, 0.3) is 0 Å². The SMILES string of the molecule is CC(C)(C)C.CC1C2CCC(CC2)[C@H]1C.CC1CCC2(CC1)CC(C)(C)CC(C)(C)C2.CC1CCC2(CC1)CCC(C)(C)CC2.CC1CCC2(CCCC2)CC1.CC1CCC2(CCCCC2)CC1.CCC12CC3CC(CC(C3)C1)C2.C[C@@H]1C2CCC(CC2)C1(C)C.[2H]C([2H])(C)C(C)(C)C.[2H]C([2H])(C)C(C)C.[2H]C([2H])([2H])C(C)(C)C. The molecule has 18 aliphatic carbocycles. The second-order valence-corrected chi connectivity index (χ2v) is 50.1. The summed E-state index contributed by atoms with van der Waals surface area (Å²) < 4.78 is 49.4. The minimum Gasteiger partial charge on any atom is -0.0651 e. The van der Waals surface area contributed by atoms with Crippen LogP contribution in [0.3, 0.4) is 0 Å². The lowest BCUT2D eigenvalue weighted by molar-refractivity contribution is -0.0545. The quantitative estimate of drug-likeness (QED) is 0.259. The molecule has 0 nitrogen and oxygen atoms in total. The van der Waals surface area contributed by atoms with Gasteiger partial charge in [0.15, 0.2) is 0 Å². The molecule has 18 saturated carbocycles. The van der Waals surface area contributed by atoms with Gasteiger partial charge in [-0.25, -0.2) is 0 Å². The first-order chi connectivity index (χ1) is 52.0. The number of fused-ring (bicyclic) bond motifs is 6. The largest absolute Gasteiger partial charge is 0.0651 e. The van der Waals surface area contributed by atoms with Crippen LogP contribution in [0.5, 0.6) is 0 Å². The monoisotopic (exact) mass is 1500 g/mol. The third-order valence-corrected chi connectivity index (χ3v) is 33.3. The fraction of sp³-hybridized carbons (Fsp3) is 1.00. The van der Waals surface area contributed by atoms with E-state index < -0.39 is 25.0 Å². The van der Waals surface area contributed by atoms with Gasteiger partial charge in [0, 0.05) is 9.60 Å². The van der Waals surface area contributed by atoms with Crippen molar-refractivity contribution < 1.29 is 9.60 Å². The highest BCUT2D eigenvalue weighted by Gasteiger charge is 2.51. The van der Waals surface area contributed by atoms with Crippen LogP contribution in [0.2, 0.25) is 0 Å². The Balaban J connectivity index is 0.000000227. The lowest BCUT2D eigenvalue weighted by Crippen LogP contribution is -2.45. The van der Waals surface area contributed by atoms with Gasteiger partial charge in [-0.15, -0.1) is 0 Å². The van der Waals surface area contributed by atoms with Gasteiger partial charge in [-0.3, -0.25) is 0 Å². The second-order valence-electron chi connectivity index (χ2n) is 50.1. The molecule has 18 fully saturated rings. The molecule has 0 N–H and O–H groups in total. The van der Waals surface area contributed by atoms with E-state index in [2.05, 4.69) is 138 Å². The Bertz CT molecular complexity index is 2480. The molecule has 0 aromatic rings. The van der Waals surface area contributed by atoms with Crippen LogP contribution in [0.1, 0.15) is 539 Å². The molecule has 18 rings (SSSR count). The summed E-state index contributed by atoms with van der Waals surface area (Å²) in [5.74, 6) is 15.0. The Labute approximate surface area is 688 Å². The van der Waals surface area contributed by atoms with Crippen LogP contribution < -0.4 is 0 Å². The fourth-order valence-corrected chi connectivity index (χ4v) is 25.9. The molecule has 0 heteroatoms. The number of rotatable bonds is 2. The average molecular weight is 1500 g/mol. The maximum Gasteiger partial charge on any atom is 0.0269 e. The fourth-order valence-electron chi connectivity index (χ4n) is 25.9. The van der Waals surface area contributed by atoms with Crippen molar-refractivity contribution in [3.05, 3.63) is 0 Å². The van der Waals surface area contributed by atoms with Gasteiger partial charge in [0.1, 0.15) is 0 Å². The number of hydrogen-bond acceptors (Lipinski definition) is 0. The zero-order chi connectivity index (χ0) is 86.4. The van der Waals surface area contributed by atoms with E-state index in [4.69, 9.17) is 9.60 Å². The van der Waals surface area contributed by atoms with Crippen molar-refractivity contribution in [2.24, 2.45) is 154 Å². The van der Waals surface area contributed by atoms with E-state index in [0.29, 0.717) is 32.5 Å². The first-order valence-corrected chi connectivity index (χ1v) is 48.5. The summed E-state index contributed by atoms with van der Waals surface area (Å²) in [4.78, 5) is 0. The van der Waals surface area contributed by atoms with Crippen molar-refractivity contribution in [3.63, 3.8) is 0 Å². The Kier molecular flexibility index (Phi) is 34.2. The van der Waals surface area contributed by atoms with E-state index in [9.17, 15) is 0 Å². The molecule has 0 aliphatic heterocycles. The van der Waals surface area contributed by atoms with E-state index in [0.717, 1.165) is 105 Å². The zero-order valence-corrected chi connectivity index (χ0v) is 79.4. The van der Waals surface area contributed by atoms with Crippen molar-refractivity contribution in [3.8, 4) is 0 Å². The summed E-state index contributed by atoms with van der Waals surface area (Å²) in [5, 5.41) is 0. The first kappa shape index (κ1) is 86.3. The summed E-state index contributed by atoms with van der Waals surface area (Å²) in [6.07, 6.45) is 69.7. The van der Waals surface area contributed by atoms with Gasteiger partial charge in [0.2, 0.25) is 0 Å². The van der Waals surface area contributed by atoms with Crippen molar-refractivity contribution in [2.75, 3.05) is 0 Å². The molecule has 0 aromatic heterocycles. The highest BCUT2D eigenvalue weighted by molar-refractivity contribution is 5.03. The molecule has 0 heterocycles. The predicted molar refractivity (Wildman–Crippen MR) is 484 cm³/mol. The minimum absolute atomic E-state index is 0.132. The first-order valence-electron chi connectivity index (χ1n) is 52.0. The lowest BCUT2D eigenvalue weighted by Gasteiger charge is -2.56. The molecule has 18 aliphatic rings. The molecular weight excluding hydrogens is 1290 g/mol. The summed E-state index contributed by atoms with van der Waals surface area (Å²) in [7, 11) is 0. The van der Waals surface area contributed by atoms with E-state index in [-0.39, 0.29) is 11.3 Å². The Morgan fingerprint density at radius 1 is 0.355 bits per heavy atom. The molecule has 107 heavy (non-hydrogen) atoms. The summed E-state index contributed by atoms with van der Waals surface area (Å²) in [6, 6.07) is 0. The van der Waals surface area contributed by atoms with Crippen molar-refractivity contribution in [1.82, 2.24) is 0 Å². The van der Waals surface area contributed by atoms with E-state index >= 15 is 0 Å². The summed E-state index contributed by atoms with van der Waals surface area (Å²) in [5.41, 5.74) is 6.19. The highest BCUT2D eigenvalue weighted by atomic mass is 14.6. The Morgan fingerprint density at radius 2 is 0.636 bits per heavy atom. The van der Waals surface area contributed by atoms with Crippen LogP contribution >= 0.6 is 0 Å². The Hall–Kier alpha value is 0. The van der Waals surface area contributed by atoms with E-state index in [1.165, 1.54) is 212 Å². The minimum atomic E-state index is -1.81. The maximum atomic E-state index is 7.25. The maximum absolute atomic E-state index is 7.25. The third-order valence-electron chi connectivity index (χ3n) is 33.3. The topological polar surface area (TPSA) is 0 Å². The molecule has 8 bridgehead atoms. The van der Waals surface area contributed by atoms with Gasteiger partial charge in [-0.2, -0.15) is 0 Å². The third kappa shape index (κ3) is 34.6. The molecule has 0 amide bonds. The van der Waals surface area contributed by atoms with Crippen LogP contribution in [0.4, 0.5) is 0 Å². The normalized spacial score (nSPS) is 36.1. The van der Waals surface area contributed by atoms with Crippen LogP contribution in [-0.4, -0.2) is 0 Å². The molecule has 634 valence electrons. The molecule has 0 aromatic carbocycles. The van der Waals surface area contributed by atoms with Crippen LogP contribution in [0.15, 0.2) is 0 Å². The van der Waals surface area contributed by atoms with Crippen LogP contribution in [-0.2, 0) is 0 Å². The van der Waals surface area contributed by atoms with Crippen LogP contribution in [0.25, 0.3) is 0 Å². The standard InChI is InChI=1S/C16H30.C14H26.C12H20.C12H22.2C11H20.C10H18.C6H14.3C5H12/c1-13-6-8-16(9-7-13)11-14(2,3)10-15(4,5)12-16;1-12-4-6-14(7-5-12)10-8-13(2,3)9-11-14;1-2-12-6-9-3-10(7-12)5-11(4-9)8-12;1-11-5-9-12(10-6-11)7-3-2-4-8-12;1-8-9-4-6-10(7-5-9)11(8,2)3;1-10-4-8-11(9-5-10)6-2-3-7-11;1-7-8(2)10-5-3-9(7)4-6-10;1-5-6(2,3)4;2*1-5(2,3)4;1-4-5(2)3/h13H,6-12H2,1-5H3;12H,4-11H2,1-3H3;9-11H,2-8H2,1H3;11H,2-10H2,1H3;8-10H,4-7H2,1-3H3;10H,2-9H2,1H3;7-10H,3-6H2,1-2H3;5H2,1-4H3;2*1-4H3;5H,4H2,1-3H3/t;;;;8-,9?,10?;;7-,8?,9?,10?;;;;/m....1.0..../s1/i;;;;;;;5D2;1D3;;4D2. The molecule has 0 saturated heterocycles. The van der Waals surface area contributed by atoms with Crippen molar-refractivity contribution in [1.29, 1.82) is 0 Å². The summed E-state index contributed by atoms with van der Waals surface area (Å²) >= 11 is 0. The van der Waals surface area contributed by atoms with Gasteiger partial charge in [0.05, 0.1) is 0 Å². The van der Waals surface area contributed by atoms with Gasteiger partial charge < -0.3 is 0 Å². The second kappa shape index (κ2) is 42.4. The smallest absolute Gasteiger partial charge is 0.0269 e. The van der Waals surface area contributed by atoms with E-state index in [1.54, 1.807) is 125 Å². The molecule has 3 atom stereocenters. The van der Waals surface area contributed by atoms with Crippen molar-refractivity contribution >= 4 is 0 Å². The van der Waals surface area contributed by atoms with Gasteiger partial charge in [-0.1, -0.05) is 317 Å². The van der Waals surface area contributed by atoms with Crippen LogP contribution in [0, 0.1) is 154 Å². The summed E-state index contributed by atoms with van der Waals surface area (Å²) in [6.45, 7) is 64.1. The zero-order valence-electron chi connectivity index (χ0n) is 86.4. The van der Waals surface area contributed by atoms with Gasteiger partial charge in [-0.05, 0) is 366 Å². The Morgan fingerprint density at radius 3 is 0.879 bits per heavy atom. The van der Waals surface area contributed by atoms with Gasteiger partial charge >= 0.3 is 0 Å².